The molecule has 0 heterocycles. The first-order valence-corrected chi connectivity index (χ1v) is 9.81. The summed E-state index contributed by atoms with van der Waals surface area (Å²) in [5, 5.41) is 14.7. The summed E-state index contributed by atoms with van der Waals surface area (Å²) in [4.78, 5) is 36.3. The van der Waals surface area contributed by atoms with E-state index in [0.717, 1.165) is 0 Å². The van der Waals surface area contributed by atoms with Crippen LogP contribution in [0.4, 0.5) is 5.69 Å². The Kier molecular flexibility index (Phi) is 7.43. The maximum atomic E-state index is 12.7. The van der Waals surface area contributed by atoms with E-state index in [0.29, 0.717) is 29.0 Å². The molecule has 0 saturated heterocycles. The van der Waals surface area contributed by atoms with E-state index >= 15 is 0 Å². The number of carbonyl (C=O) groups is 3. The second-order valence-corrected chi connectivity index (χ2v) is 6.98. The average Bonchev–Trinajstić information content (AvgIpc) is 2.66. The molecule has 2 rings (SSSR count). The number of carboxylic acids is 1. The van der Waals surface area contributed by atoms with Crippen molar-refractivity contribution < 1.29 is 19.5 Å². The van der Waals surface area contributed by atoms with Crippen molar-refractivity contribution in [3.63, 3.8) is 0 Å². The number of aryl methyl sites for hydroxylation is 1. The molecule has 2 aromatic rings. The van der Waals surface area contributed by atoms with Gasteiger partial charge < -0.3 is 15.7 Å². The molecule has 3 N–H and O–H groups in total. The Hall–Kier alpha value is -2.80. The number of thioether (sulfide) groups is 1. The normalized spacial score (nSPS) is 11.5. The van der Waals surface area contributed by atoms with Crippen molar-refractivity contribution in [3.05, 3.63) is 65.2 Å². The predicted molar refractivity (Wildman–Crippen MR) is 107 cm³/mol. The molecule has 2 amide bonds. The molecule has 0 bridgehead atoms. The molecule has 1 unspecified atom stereocenters. The van der Waals surface area contributed by atoms with Gasteiger partial charge >= 0.3 is 5.97 Å². The Balaban J connectivity index is 2.13. The van der Waals surface area contributed by atoms with Crippen LogP contribution in [0.5, 0.6) is 0 Å². The van der Waals surface area contributed by atoms with Crippen LogP contribution in [0.3, 0.4) is 0 Å². The number of hydrogen-bond donors (Lipinski definition) is 3. The molecule has 0 aliphatic heterocycles. The number of nitrogens with one attached hydrogen (secondary N) is 2. The molecule has 0 saturated carbocycles. The molecule has 0 radical (unpaired) electrons. The van der Waals surface area contributed by atoms with Gasteiger partial charge in [0.2, 0.25) is 5.91 Å². The largest absolute Gasteiger partial charge is 0.478 e. The first kappa shape index (κ1) is 20.5. The number of amides is 2. The fourth-order valence-electron chi connectivity index (χ4n) is 2.50. The van der Waals surface area contributed by atoms with Crippen LogP contribution in [0.15, 0.2) is 48.5 Å². The van der Waals surface area contributed by atoms with Crippen LogP contribution in [0.2, 0.25) is 0 Å². The zero-order valence-corrected chi connectivity index (χ0v) is 16.0. The molecule has 0 aliphatic carbocycles. The summed E-state index contributed by atoms with van der Waals surface area (Å²) in [6.07, 6.45) is 2.39. The molecular weight excluding hydrogens is 364 g/mol. The van der Waals surface area contributed by atoms with Crippen LogP contribution in [0.1, 0.15) is 32.7 Å². The average molecular weight is 386 g/mol. The number of carbonyl (C=O) groups excluding carboxylic acids is 2. The number of aromatic carboxylic acids is 1. The summed E-state index contributed by atoms with van der Waals surface area (Å²) in [5.41, 5.74) is 1.59. The summed E-state index contributed by atoms with van der Waals surface area (Å²) in [7, 11) is 0. The zero-order valence-electron chi connectivity index (χ0n) is 15.2. The molecule has 0 aromatic heterocycles. The zero-order chi connectivity index (χ0) is 19.8. The van der Waals surface area contributed by atoms with E-state index in [1.165, 1.54) is 6.07 Å². The number of rotatable bonds is 8. The van der Waals surface area contributed by atoms with Crippen molar-refractivity contribution in [1.82, 2.24) is 5.32 Å². The third-order valence-corrected chi connectivity index (χ3v) is 4.65. The maximum Gasteiger partial charge on any atom is 0.336 e. The van der Waals surface area contributed by atoms with Crippen molar-refractivity contribution in [2.45, 2.75) is 19.4 Å². The SMILES string of the molecule is CSCCC(NC(=O)c1ccccc1)C(=O)Nc1ccc(C)c(C(=O)O)c1. The van der Waals surface area contributed by atoms with Crippen LogP contribution < -0.4 is 10.6 Å². The molecule has 0 fully saturated rings. The van der Waals surface area contributed by atoms with Gasteiger partial charge in [0.15, 0.2) is 0 Å². The van der Waals surface area contributed by atoms with Crippen LogP contribution in [0.25, 0.3) is 0 Å². The Morgan fingerprint density at radius 2 is 1.81 bits per heavy atom. The Bertz CT molecular complexity index is 824. The molecule has 27 heavy (non-hydrogen) atoms. The maximum absolute atomic E-state index is 12.7. The van der Waals surface area contributed by atoms with Gasteiger partial charge in [0, 0.05) is 11.3 Å². The Labute approximate surface area is 162 Å². The summed E-state index contributed by atoms with van der Waals surface area (Å²) < 4.78 is 0. The van der Waals surface area contributed by atoms with Crippen molar-refractivity contribution in [2.24, 2.45) is 0 Å². The van der Waals surface area contributed by atoms with Gasteiger partial charge in [0.05, 0.1) is 5.56 Å². The van der Waals surface area contributed by atoms with Gasteiger partial charge in [-0.2, -0.15) is 11.8 Å². The highest BCUT2D eigenvalue weighted by Gasteiger charge is 2.21. The lowest BCUT2D eigenvalue weighted by Gasteiger charge is -2.18. The van der Waals surface area contributed by atoms with Crippen molar-refractivity contribution in [2.75, 3.05) is 17.3 Å². The van der Waals surface area contributed by atoms with Crippen LogP contribution in [-0.4, -0.2) is 40.9 Å². The van der Waals surface area contributed by atoms with Gasteiger partial charge in [0.25, 0.3) is 5.91 Å². The Morgan fingerprint density at radius 3 is 2.44 bits per heavy atom. The van der Waals surface area contributed by atoms with Crippen molar-refractivity contribution >= 4 is 35.2 Å². The van der Waals surface area contributed by atoms with E-state index in [1.54, 1.807) is 55.1 Å². The van der Waals surface area contributed by atoms with E-state index < -0.39 is 12.0 Å². The summed E-state index contributed by atoms with van der Waals surface area (Å²) in [6.45, 7) is 1.69. The first-order valence-electron chi connectivity index (χ1n) is 8.42. The quantitative estimate of drug-likeness (QED) is 0.648. The van der Waals surface area contributed by atoms with E-state index in [2.05, 4.69) is 10.6 Å². The monoisotopic (exact) mass is 386 g/mol. The van der Waals surface area contributed by atoms with E-state index in [4.69, 9.17) is 0 Å². The molecule has 2 aromatic carbocycles. The first-order chi connectivity index (χ1) is 12.9. The van der Waals surface area contributed by atoms with Crippen LogP contribution >= 0.6 is 11.8 Å². The summed E-state index contributed by atoms with van der Waals surface area (Å²) >= 11 is 1.58. The fraction of sp³-hybridized carbons (Fsp3) is 0.250. The predicted octanol–water partition coefficient (Wildman–Crippen LogP) is 3.18. The van der Waals surface area contributed by atoms with Crippen LogP contribution in [0, 0.1) is 6.92 Å². The molecule has 1 atom stereocenters. The lowest BCUT2D eigenvalue weighted by Crippen LogP contribution is -2.44. The van der Waals surface area contributed by atoms with Gasteiger partial charge in [-0.15, -0.1) is 0 Å². The van der Waals surface area contributed by atoms with Gasteiger partial charge in [-0.1, -0.05) is 24.3 Å². The summed E-state index contributed by atoms with van der Waals surface area (Å²) in [6, 6.07) is 12.7. The highest BCUT2D eigenvalue weighted by molar-refractivity contribution is 7.98. The standard InChI is InChI=1S/C20H22N2O4S/c1-13-8-9-15(12-16(13)20(25)26)21-19(24)17(10-11-27-2)22-18(23)14-6-4-3-5-7-14/h3-9,12,17H,10-11H2,1-2H3,(H,21,24)(H,22,23)(H,25,26). The molecule has 7 heteroatoms. The van der Waals surface area contributed by atoms with E-state index in [-0.39, 0.29) is 17.4 Å². The topological polar surface area (TPSA) is 95.5 Å². The molecular formula is C20H22N2O4S. The molecule has 142 valence electrons. The molecule has 0 spiro atoms. The number of hydrogen-bond acceptors (Lipinski definition) is 4. The smallest absolute Gasteiger partial charge is 0.336 e. The number of carboxylic acid groups (broad SMARTS) is 1. The van der Waals surface area contributed by atoms with Gasteiger partial charge in [0.1, 0.15) is 6.04 Å². The second kappa shape index (κ2) is 9.78. The minimum absolute atomic E-state index is 0.127. The van der Waals surface area contributed by atoms with Crippen LogP contribution in [-0.2, 0) is 4.79 Å². The fourth-order valence-corrected chi connectivity index (χ4v) is 2.97. The number of benzene rings is 2. The lowest BCUT2D eigenvalue weighted by molar-refractivity contribution is -0.118. The minimum Gasteiger partial charge on any atom is -0.478 e. The van der Waals surface area contributed by atoms with Gasteiger partial charge in [-0.25, -0.2) is 4.79 Å². The summed E-state index contributed by atoms with van der Waals surface area (Å²) in [5.74, 6) is -1.07. The second-order valence-electron chi connectivity index (χ2n) is 6.00. The lowest BCUT2D eigenvalue weighted by atomic mass is 10.1. The molecule has 0 aliphatic rings. The van der Waals surface area contributed by atoms with E-state index in [9.17, 15) is 19.5 Å². The number of anilines is 1. The Morgan fingerprint density at radius 1 is 1.11 bits per heavy atom. The minimum atomic E-state index is -1.06. The van der Waals surface area contributed by atoms with Crippen molar-refractivity contribution in [1.29, 1.82) is 0 Å². The highest BCUT2D eigenvalue weighted by Crippen LogP contribution is 2.16. The third kappa shape index (κ3) is 5.86. The third-order valence-electron chi connectivity index (χ3n) is 4.00. The van der Waals surface area contributed by atoms with Gasteiger partial charge in [-0.05, 0) is 55.2 Å². The van der Waals surface area contributed by atoms with Gasteiger partial charge in [-0.3, -0.25) is 9.59 Å². The van der Waals surface area contributed by atoms with E-state index in [1.807, 2.05) is 12.3 Å². The highest BCUT2D eigenvalue weighted by atomic mass is 32.2. The van der Waals surface area contributed by atoms with Crippen molar-refractivity contribution in [3.8, 4) is 0 Å². The molecule has 6 nitrogen and oxygen atoms in total.